The molecule has 0 atom stereocenters. The lowest BCUT2D eigenvalue weighted by Gasteiger charge is -2.31. The van der Waals surface area contributed by atoms with Crippen LogP contribution in [0.4, 0.5) is 0 Å². The second-order valence-electron chi connectivity index (χ2n) is 10.9. The molecule has 0 aliphatic rings. The quantitative estimate of drug-likeness (QED) is 0.419. The van der Waals surface area contributed by atoms with Crippen molar-refractivity contribution in [1.29, 1.82) is 0 Å². The van der Waals surface area contributed by atoms with Crippen molar-refractivity contribution in [1.82, 2.24) is 4.98 Å². The molecule has 3 nitrogen and oxygen atoms in total. The van der Waals surface area contributed by atoms with Gasteiger partial charge >= 0.3 is 0 Å². The number of ketones is 1. The molecule has 1 N–H and O–H groups in total. The number of halogens is 2. The first kappa shape index (κ1) is 25.8. The monoisotopic (exact) mass is 465 g/mol. The van der Waals surface area contributed by atoms with Crippen molar-refractivity contribution in [2.24, 2.45) is 5.92 Å². The molecule has 0 saturated heterocycles. The van der Waals surface area contributed by atoms with Crippen molar-refractivity contribution in [3.05, 3.63) is 50.3 Å². The fourth-order valence-electron chi connectivity index (χ4n) is 3.50. The van der Waals surface area contributed by atoms with E-state index in [0.717, 1.165) is 11.3 Å². The highest BCUT2D eigenvalue weighted by molar-refractivity contribution is 6.44. The summed E-state index contributed by atoms with van der Waals surface area (Å²) in [5, 5.41) is 0.731. The summed E-state index contributed by atoms with van der Waals surface area (Å²) in [6.45, 7) is 20.0. The molecular formula is C26H37Cl2NO2. The largest absolute Gasteiger partial charge is 0.493 e. The Labute approximate surface area is 197 Å². The van der Waals surface area contributed by atoms with Crippen molar-refractivity contribution in [3.63, 3.8) is 0 Å². The fraction of sp³-hybridized carbons (Fsp3) is 0.577. The second-order valence-corrected chi connectivity index (χ2v) is 11.7. The number of benzene rings is 1. The molecule has 0 bridgehead atoms. The number of hydrogen-bond acceptors (Lipinski definition) is 2. The van der Waals surface area contributed by atoms with E-state index in [9.17, 15) is 4.79 Å². The van der Waals surface area contributed by atoms with Gasteiger partial charge in [-0.05, 0) is 35.7 Å². The van der Waals surface area contributed by atoms with Gasteiger partial charge in [-0.1, -0.05) is 90.7 Å². The number of nitrogens with one attached hydrogen (secondary N) is 1. The first-order chi connectivity index (χ1) is 14.1. The number of H-pyrrole nitrogens is 1. The zero-order valence-corrected chi connectivity index (χ0v) is 21.9. The van der Waals surface area contributed by atoms with Gasteiger partial charge < -0.3 is 9.72 Å². The number of aromatic amines is 1. The lowest BCUT2D eigenvalue weighted by molar-refractivity contribution is 0.0978. The van der Waals surface area contributed by atoms with E-state index >= 15 is 0 Å². The topological polar surface area (TPSA) is 42.1 Å². The second kappa shape index (κ2) is 9.58. The van der Waals surface area contributed by atoms with Gasteiger partial charge in [0, 0.05) is 23.2 Å². The van der Waals surface area contributed by atoms with Gasteiger partial charge in [0.1, 0.15) is 11.4 Å². The number of hydrogen-bond donors (Lipinski definition) is 1. The predicted molar refractivity (Wildman–Crippen MR) is 132 cm³/mol. The molecule has 0 saturated carbocycles. The predicted octanol–water partition coefficient (Wildman–Crippen LogP) is 8.08. The minimum Gasteiger partial charge on any atom is -0.493 e. The average Bonchev–Trinajstić information content (AvgIpc) is 2.90. The van der Waals surface area contributed by atoms with Crippen LogP contribution in [0.3, 0.4) is 0 Å². The first-order valence-corrected chi connectivity index (χ1v) is 11.8. The van der Waals surface area contributed by atoms with Gasteiger partial charge in [-0.3, -0.25) is 4.79 Å². The van der Waals surface area contributed by atoms with Crippen LogP contribution in [0.25, 0.3) is 0 Å². The van der Waals surface area contributed by atoms with Crippen molar-refractivity contribution >= 4 is 29.0 Å². The van der Waals surface area contributed by atoms with Crippen LogP contribution in [0.1, 0.15) is 94.7 Å². The highest BCUT2D eigenvalue weighted by Gasteiger charge is 2.28. The summed E-state index contributed by atoms with van der Waals surface area (Å²) in [4.78, 5) is 15.8. The zero-order valence-electron chi connectivity index (χ0n) is 20.4. The normalized spacial score (nSPS) is 12.5. The van der Waals surface area contributed by atoms with Gasteiger partial charge in [0.15, 0.2) is 5.78 Å². The Kier molecular flexibility index (Phi) is 7.98. The molecule has 0 fully saturated rings. The Morgan fingerprint density at radius 1 is 1.00 bits per heavy atom. The molecular weight excluding hydrogens is 429 g/mol. The fourth-order valence-corrected chi connectivity index (χ4v) is 3.94. The third-order valence-electron chi connectivity index (χ3n) is 5.30. The minimum atomic E-state index is -0.0836. The Bertz CT molecular complexity index is 909. The summed E-state index contributed by atoms with van der Waals surface area (Å²) >= 11 is 12.4. The number of Topliss-reactive ketones (excluding diaryl/α,β-unsaturated/α-hetero) is 1. The van der Waals surface area contributed by atoms with E-state index in [2.05, 4.69) is 72.5 Å². The van der Waals surface area contributed by atoms with E-state index in [0.29, 0.717) is 46.8 Å². The summed E-state index contributed by atoms with van der Waals surface area (Å²) in [5.41, 5.74) is 4.43. The van der Waals surface area contributed by atoms with Crippen LogP contribution in [-0.2, 0) is 17.3 Å². The van der Waals surface area contributed by atoms with Crippen LogP contribution >= 0.6 is 23.2 Å². The summed E-state index contributed by atoms with van der Waals surface area (Å²) in [7, 11) is 0. The van der Waals surface area contributed by atoms with Gasteiger partial charge in [-0.25, -0.2) is 0 Å². The number of carbonyl (C=O) groups is 1. The summed E-state index contributed by atoms with van der Waals surface area (Å²) < 4.78 is 6.36. The van der Waals surface area contributed by atoms with Crippen LogP contribution in [0, 0.1) is 12.8 Å². The van der Waals surface area contributed by atoms with Gasteiger partial charge in [0.05, 0.1) is 16.7 Å². The molecule has 0 aliphatic heterocycles. The van der Waals surface area contributed by atoms with E-state index < -0.39 is 0 Å². The molecule has 1 aromatic carbocycles. The Morgan fingerprint density at radius 3 is 1.90 bits per heavy atom. The molecule has 1 aromatic heterocycles. The van der Waals surface area contributed by atoms with Crippen LogP contribution < -0.4 is 4.74 Å². The molecule has 0 spiro atoms. The first-order valence-electron chi connectivity index (χ1n) is 11.0. The van der Waals surface area contributed by atoms with Crippen LogP contribution in [0.15, 0.2) is 12.1 Å². The van der Waals surface area contributed by atoms with E-state index in [4.69, 9.17) is 27.9 Å². The van der Waals surface area contributed by atoms with Gasteiger partial charge in [-0.15, -0.1) is 0 Å². The minimum absolute atomic E-state index is 0.0326. The van der Waals surface area contributed by atoms with Crippen LogP contribution in [0.5, 0.6) is 5.75 Å². The zero-order chi connectivity index (χ0) is 23.7. The van der Waals surface area contributed by atoms with Crippen molar-refractivity contribution in [3.8, 4) is 5.75 Å². The van der Waals surface area contributed by atoms with E-state index in [1.807, 2.05) is 6.92 Å². The molecule has 1 heterocycles. The van der Waals surface area contributed by atoms with E-state index in [-0.39, 0.29) is 16.6 Å². The molecule has 0 radical (unpaired) electrons. The standard InChI is InChI=1S/C26H37Cl2NO2/c1-15(2)14-31-24-18(25(4,5)6)12-17(13-19(24)26(7,8)9)10-11-20(30)23-22(28)21(27)16(3)29-23/h12-13,15,29H,10-11,14H2,1-9H3. The summed E-state index contributed by atoms with van der Waals surface area (Å²) in [5.74, 6) is 1.40. The lowest BCUT2D eigenvalue weighted by Crippen LogP contribution is -2.21. The van der Waals surface area contributed by atoms with E-state index in [1.165, 1.54) is 11.1 Å². The smallest absolute Gasteiger partial charge is 0.180 e. The summed E-state index contributed by atoms with van der Waals surface area (Å²) in [6, 6.07) is 4.40. The molecule has 2 rings (SSSR count). The number of ether oxygens (including phenoxy) is 1. The maximum absolute atomic E-state index is 12.8. The average molecular weight is 466 g/mol. The van der Waals surface area contributed by atoms with Gasteiger partial charge in [0.2, 0.25) is 0 Å². The third-order valence-corrected chi connectivity index (χ3v) is 6.25. The highest BCUT2D eigenvalue weighted by Crippen LogP contribution is 2.41. The number of aromatic nitrogens is 1. The van der Waals surface area contributed by atoms with Crippen molar-refractivity contribution < 1.29 is 9.53 Å². The third kappa shape index (κ3) is 6.29. The van der Waals surface area contributed by atoms with Crippen LogP contribution in [0.2, 0.25) is 10.0 Å². The number of aryl methyl sites for hydroxylation is 2. The molecule has 31 heavy (non-hydrogen) atoms. The molecule has 0 unspecified atom stereocenters. The number of rotatable bonds is 7. The number of carbonyl (C=O) groups excluding carboxylic acids is 1. The van der Waals surface area contributed by atoms with Crippen LogP contribution in [-0.4, -0.2) is 17.4 Å². The van der Waals surface area contributed by atoms with Gasteiger partial charge in [0.25, 0.3) is 0 Å². The Balaban J connectivity index is 2.43. The molecule has 5 heteroatoms. The molecule has 0 amide bonds. The molecule has 0 aliphatic carbocycles. The van der Waals surface area contributed by atoms with Crippen molar-refractivity contribution in [2.45, 2.75) is 86.0 Å². The SMILES string of the molecule is Cc1[nH]c(C(=O)CCc2cc(C(C)(C)C)c(OCC(C)C)c(C(C)(C)C)c2)c(Cl)c1Cl. The van der Waals surface area contributed by atoms with E-state index in [1.54, 1.807) is 0 Å². The van der Waals surface area contributed by atoms with Gasteiger partial charge in [-0.2, -0.15) is 0 Å². The Hall–Kier alpha value is -1.45. The van der Waals surface area contributed by atoms with Crippen molar-refractivity contribution in [2.75, 3.05) is 6.61 Å². The molecule has 172 valence electrons. The summed E-state index contributed by atoms with van der Waals surface area (Å²) in [6.07, 6.45) is 0.983. The highest BCUT2D eigenvalue weighted by atomic mass is 35.5. The Morgan fingerprint density at radius 2 is 1.52 bits per heavy atom. The lowest BCUT2D eigenvalue weighted by atomic mass is 9.78. The maximum atomic E-state index is 12.8. The molecule has 2 aromatic rings. The maximum Gasteiger partial charge on any atom is 0.180 e.